The maximum Gasteiger partial charge on any atom is 0.490 e. The summed E-state index contributed by atoms with van der Waals surface area (Å²) in [5, 5.41) is 36.4. The van der Waals surface area contributed by atoms with E-state index in [9.17, 15) is 91.2 Å². The van der Waals surface area contributed by atoms with Crippen molar-refractivity contribution in [1.82, 2.24) is 106 Å². The fraction of sp³-hybridized carbons (Fsp3) is 0.429. The van der Waals surface area contributed by atoms with E-state index in [-0.39, 0.29) is 63.5 Å². The van der Waals surface area contributed by atoms with Crippen LogP contribution in [0.2, 0.25) is 0 Å². The molecule has 113 heavy (non-hydrogen) atoms. The van der Waals surface area contributed by atoms with Gasteiger partial charge >= 0.3 is 41.1 Å². The topological polar surface area (TPSA) is 692 Å². The van der Waals surface area contributed by atoms with Gasteiger partial charge in [0.15, 0.2) is 0 Å². The largest absolute Gasteiger partial charge is 0.490 e. The number of rotatable bonds is 39. The molecule has 6 unspecified atom stereocenters. The van der Waals surface area contributed by atoms with Gasteiger partial charge in [-0.3, -0.25) is 66.9 Å². The molecule has 2 saturated heterocycles. The number of aliphatic carboxylic acids is 1. The molecule has 2 fully saturated rings. The van der Waals surface area contributed by atoms with Crippen LogP contribution in [0.25, 0.3) is 0 Å². The number of nitrogens with one attached hydrogen (secondary N) is 13. The highest BCUT2D eigenvalue weighted by atomic mass is 31.3. The van der Waals surface area contributed by atoms with Gasteiger partial charge < -0.3 is 101 Å². The Hall–Kier alpha value is -11.5. The Balaban J connectivity index is 0.756. The average molecular weight is 1640 g/mol. The quantitative estimate of drug-likeness (QED) is 0.00571. The van der Waals surface area contributed by atoms with Gasteiger partial charge in [0.05, 0.1) is 75.5 Å². The number of aliphatic hydroxyl groups excluding tert-OH is 1. The molecule has 50 heteroatoms. The number of H-pyrrole nitrogens is 7. The highest BCUT2D eigenvalue weighted by molar-refractivity contribution is 7.66. The van der Waals surface area contributed by atoms with Gasteiger partial charge in [-0.25, -0.2) is 53.2 Å². The van der Waals surface area contributed by atoms with Crippen LogP contribution >= 0.6 is 23.5 Å². The molecule has 2 aliphatic heterocycles. The van der Waals surface area contributed by atoms with Gasteiger partial charge in [0, 0.05) is 148 Å². The molecule has 7 aromatic rings. The highest BCUT2D eigenvalue weighted by Crippen LogP contribution is 2.66. The van der Waals surface area contributed by atoms with Crippen LogP contribution < -0.4 is 43.1 Å². The minimum absolute atomic E-state index is 0.204. The number of hydrogen-bond acceptors (Lipinski definition) is 27. The number of aromatic amines is 7. The van der Waals surface area contributed by atoms with Gasteiger partial charge in [0.1, 0.15) is 54.1 Å². The number of carbonyl (C=O) groups excluding carboxylic acids is 9. The van der Waals surface area contributed by atoms with E-state index in [1.165, 1.54) is 75.1 Å². The van der Waals surface area contributed by atoms with Gasteiger partial charge in [0.2, 0.25) is 47.3 Å². The molecule has 9 heterocycles. The van der Waals surface area contributed by atoms with Crippen molar-refractivity contribution in [3.05, 3.63) is 154 Å². The third-order valence-electron chi connectivity index (χ3n) is 17.8. The fourth-order valence-electron chi connectivity index (χ4n) is 12.4. The predicted octanol–water partition coefficient (Wildman–Crippen LogP) is -4.20. The zero-order valence-corrected chi connectivity index (χ0v) is 61.8. The number of carbonyl (C=O) groups is 10. The van der Waals surface area contributed by atoms with Crippen LogP contribution in [0.15, 0.2) is 103 Å². The Morgan fingerprint density at radius 2 is 1.00 bits per heavy atom. The van der Waals surface area contributed by atoms with Crippen LogP contribution in [0.1, 0.15) is 78.6 Å². The van der Waals surface area contributed by atoms with Crippen molar-refractivity contribution in [3.63, 3.8) is 0 Å². The maximum atomic E-state index is 14.8. The van der Waals surface area contributed by atoms with Crippen LogP contribution in [-0.2, 0) is 123 Å². The lowest BCUT2D eigenvalue weighted by Crippen LogP contribution is -2.61. The van der Waals surface area contributed by atoms with E-state index in [1.54, 1.807) is 19.1 Å². The Morgan fingerprint density at radius 1 is 0.575 bits per heavy atom. The summed E-state index contributed by atoms with van der Waals surface area (Å²) in [5.74, 6) is -7.28. The molecule has 604 valence electrons. The standard InChI is InChI=1S/C63H76N21O26P3/c1-32-6-7-34(24-106-51(87)5-3-2-4-33-23-84(63(98)82-54(33)88)50-16-47(85)48(108-50)25-107-112(102,103)110-113(104,105)109-111(99,100)101)53-52(32)60(94)83(61(53)95)9-8-49(86)76-41(10-35-17-64-26-70-35)55(89)77-42(11-36-18-65-27-71-36)56(90)78-43(12-37-19-66-28-72-37)57(91)79-44(13-38-20-67-29-73-38)58(92)80-45(14-39-21-68-30-74-39)59(93)81-46(62(96)97)15-40-22-69-31-75-40/h6-7,17-23,26-32,34,41-48,50,52-53,85H,3,5,8-16,24-25H2,1H3,(H,64,70)(H,65,71)(H,66,72)(H,67,73)(H,68,74)(H,69,75)(H,76,86)(H,77,89)(H,78,90)(H,79,91)(H,80,92)(H,81,93)(H,96,97)(H,102,103)(H,104,105)(H,82,88,98)(H2,99,100,101)/t32?,34?,41-,42-,43-,44-,45-,46-,47-,48+,50+,52?,53?/m0/s1. The highest BCUT2D eigenvalue weighted by Gasteiger charge is 2.54. The monoisotopic (exact) mass is 1640 g/mol. The summed E-state index contributed by atoms with van der Waals surface area (Å²) in [6, 6.07) is -9.12. The molecule has 0 saturated carbocycles. The number of aromatic nitrogens is 14. The average Bonchev–Trinajstić information content (AvgIpc) is 1.61. The van der Waals surface area contributed by atoms with Crippen molar-refractivity contribution in [3.8, 4) is 11.8 Å². The summed E-state index contributed by atoms with van der Waals surface area (Å²) < 4.78 is 58.6. The third kappa shape index (κ3) is 23.8. The number of allylic oxidation sites excluding steroid dienone is 1. The maximum absolute atomic E-state index is 14.8. The van der Waals surface area contributed by atoms with E-state index in [2.05, 4.69) is 117 Å². The van der Waals surface area contributed by atoms with E-state index < -0.39 is 198 Å². The summed E-state index contributed by atoms with van der Waals surface area (Å²) in [4.78, 5) is 247. The molecule has 19 N–H and O–H groups in total. The first-order valence-electron chi connectivity index (χ1n) is 34.3. The zero-order valence-electron chi connectivity index (χ0n) is 59.1. The lowest BCUT2D eigenvalue weighted by molar-refractivity contribution is -0.147. The number of nitrogens with zero attached hydrogens (tertiary/aromatic N) is 8. The van der Waals surface area contributed by atoms with Crippen molar-refractivity contribution in [2.45, 2.75) is 126 Å². The molecular weight excluding hydrogens is 1560 g/mol. The molecule has 10 rings (SSSR count). The lowest BCUT2D eigenvalue weighted by Gasteiger charge is -2.29. The van der Waals surface area contributed by atoms with E-state index in [0.29, 0.717) is 34.2 Å². The molecule has 0 bridgehead atoms. The molecule has 0 spiro atoms. The molecule has 3 aliphatic rings. The SMILES string of the molecule is CC1C=CC(COC(=O)CCC#Cc2cn([C@H]3C[C@H](O)[C@@H](COP(=O)(O)OP(=O)(O)OP(=O)(O)O)O3)c(=O)[nH]c2=O)C2C(=O)N(CCC(=O)N[C@@H](Cc3cnc[nH]3)C(=O)N[C@@H](Cc3cnc[nH]3)C(=O)N[C@@H](Cc3cnc[nH]3)C(=O)N[C@@H](Cc3cnc[nH]3)C(=O)N[C@@H](Cc3cnc[nH]3)C(=O)N[C@@H](Cc3cnc[nH]3)C(=O)O)C(=O)C12. The third-order valence-corrected chi connectivity index (χ3v) is 21.6. The number of carboxylic acid groups (broad SMARTS) is 1. The number of aliphatic hydroxyl groups is 1. The van der Waals surface area contributed by atoms with E-state index in [0.717, 1.165) is 15.7 Å². The molecular formula is C63H76N21O26P3. The van der Waals surface area contributed by atoms with Gasteiger partial charge in [-0.15, -0.1) is 0 Å². The van der Waals surface area contributed by atoms with Crippen LogP contribution in [-0.4, -0.2) is 231 Å². The summed E-state index contributed by atoms with van der Waals surface area (Å²) in [6.07, 6.45) is 12.9. The number of hydrogen-bond donors (Lipinski definition) is 19. The molecule has 1 aliphatic carbocycles. The minimum Gasteiger partial charge on any atom is -0.480 e. The first-order valence-corrected chi connectivity index (χ1v) is 38.8. The van der Waals surface area contributed by atoms with E-state index >= 15 is 0 Å². The first kappa shape index (κ1) is 83.9. The van der Waals surface area contributed by atoms with Crippen molar-refractivity contribution < 1.29 is 114 Å². The summed E-state index contributed by atoms with van der Waals surface area (Å²) in [7, 11) is -17.2. The van der Waals surface area contributed by atoms with Crippen molar-refractivity contribution >= 4 is 82.7 Å². The summed E-state index contributed by atoms with van der Waals surface area (Å²) in [5.41, 5.74) is -0.307. The van der Waals surface area contributed by atoms with Crippen molar-refractivity contribution in [2.75, 3.05) is 19.8 Å². The van der Waals surface area contributed by atoms with Crippen LogP contribution in [0, 0.1) is 35.5 Å². The number of phosphoric ester groups is 1. The molecule has 7 aromatic heterocycles. The van der Waals surface area contributed by atoms with Crippen LogP contribution in [0.4, 0.5) is 0 Å². The molecule has 47 nitrogen and oxygen atoms in total. The van der Waals surface area contributed by atoms with E-state index in [4.69, 9.17) is 19.3 Å². The second kappa shape index (κ2) is 37.7. The number of imide groups is 1. The second-order valence-electron chi connectivity index (χ2n) is 26.0. The molecule has 0 aromatic carbocycles. The van der Waals surface area contributed by atoms with Gasteiger partial charge in [0.25, 0.3) is 5.56 Å². The number of ether oxygens (including phenoxy) is 2. The van der Waals surface area contributed by atoms with Gasteiger partial charge in [-0.1, -0.05) is 30.9 Å². The number of likely N-dealkylation sites (tertiary alicyclic amines) is 1. The van der Waals surface area contributed by atoms with Gasteiger partial charge in [-0.05, 0) is 5.92 Å². The minimum atomic E-state index is -5.87. The lowest BCUT2D eigenvalue weighted by atomic mass is 9.73. The number of carboxylic acids is 1. The molecule has 0 radical (unpaired) electrons. The Bertz CT molecular complexity index is 4890. The van der Waals surface area contributed by atoms with Crippen LogP contribution in [0.3, 0.4) is 0 Å². The number of fused-ring (bicyclic) bond motifs is 1. The van der Waals surface area contributed by atoms with Crippen LogP contribution in [0.5, 0.6) is 0 Å². The van der Waals surface area contributed by atoms with Gasteiger partial charge in [-0.2, -0.15) is 8.62 Å². The normalized spacial score (nSPS) is 20.7. The number of esters is 1. The smallest absolute Gasteiger partial charge is 0.480 e. The number of phosphoric acid groups is 3. The Labute approximate surface area is 635 Å². The van der Waals surface area contributed by atoms with E-state index in [1.807, 2.05) is 4.98 Å². The second-order valence-corrected chi connectivity index (χ2v) is 30.4. The van der Waals surface area contributed by atoms with Crippen molar-refractivity contribution in [2.24, 2.45) is 23.7 Å². The first-order chi connectivity index (χ1) is 53.7. The summed E-state index contributed by atoms with van der Waals surface area (Å²) in [6.45, 7) is -0.210. The number of imidazole rings is 6. The predicted molar refractivity (Wildman–Crippen MR) is 376 cm³/mol. The number of amides is 8. The van der Waals surface area contributed by atoms with Crippen molar-refractivity contribution in [1.29, 1.82) is 0 Å². The molecule has 8 amide bonds. The Kier molecular flexibility index (Phi) is 28.0. The molecule has 15 atom stereocenters. The fourth-order valence-corrected chi connectivity index (χ4v) is 15.4. The Morgan fingerprint density at radius 3 is 1.42 bits per heavy atom. The zero-order chi connectivity index (χ0) is 81.3. The summed E-state index contributed by atoms with van der Waals surface area (Å²) >= 11 is 0.